The normalized spacial score (nSPS) is 19.7. The van der Waals surface area contributed by atoms with E-state index in [2.05, 4.69) is 5.32 Å². The Morgan fingerprint density at radius 2 is 2.08 bits per heavy atom. The Bertz CT molecular complexity index is 755. The quantitative estimate of drug-likeness (QED) is 0.638. The number of hydrogen-bond acceptors (Lipinski definition) is 5. The van der Waals surface area contributed by atoms with E-state index < -0.39 is 23.5 Å². The first-order chi connectivity index (χ1) is 11.9. The van der Waals surface area contributed by atoms with Gasteiger partial charge in [0.25, 0.3) is 5.91 Å². The first-order valence-electron chi connectivity index (χ1n) is 8.56. The predicted octanol–water partition coefficient (Wildman–Crippen LogP) is 1.68. The number of aromatic nitrogens is 1. The molecule has 1 aliphatic heterocycles. The summed E-state index contributed by atoms with van der Waals surface area (Å²) in [7, 11) is 0. The molecule has 7 nitrogen and oxygen atoms in total. The minimum Gasteiger partial charge on any atom is -0.505 e. The van der Waals surface area contributed by atoms with Crippen molar-refractivity contribution in [2.24, 2.45) is 0 Å². The Hall–Kier alpha value is -2.57. The zero-order valence-electron chi connectivity index (χ0n) is 14.4. The second-order valence-corrected chi connectivity index (χ2v) is 6.50. The summed E-state index contributed by atoms with van der Waals surface area (Å²) in [5.74, 6) is -2.07. The smallest absolute Gasteiger partial charge is 0.328 e. The fraction of sp³-hybridized carbons (Fsp3) is 0.500. The largest absolute Gasteiger partial charge is 0.505 e. The van der Waals surface area contributed by atoms with E-state index >= 15 is 0 Å². The average molecular weight is 346 g/mol. The summed E-state index contributed by atoms with van der Waals surface area (Å²) in [6.07, 6.45) is 4.80. The molecular weight excluding hydrogens is 324 g/mol. The molecule has 0 bridgehead atoms. The number of aliphatic hydroxyl groups is 1. The van der Waals surface area contributed by atoms with Crippen molar-refractivity contribution in [1.29, 1.82) is 0 Å². The molecule has 1 fully saturated rings. The highest BCUT2D eigenvalue weighted by Gasteiger charge is 2.50. The summed E-state index contributed by atoms with van der Waals surface area (Å²) in [5, 5.41) is 13.0. The van der Waals surface area contributed by atoms with Crippen molar-refractivity contribution in [3.8, 4) is 0 Å². The van der Waals surface area contributed by atoms with Crippen LogP contribution in [0.3, 0.4) is 0 Å². The van der Waals surface area contributed by atoms with Gasteiger partial charge in [0.2, 0.25) is 0 Å². The van der Waals surface area contributed by atoms with Gasteiger partial charge in [-0.05, 0) is 38.8 Å². The number of esters is 1. The van der Waals surface area contributed by atoms with Crippen LogP contribution in [0.2, 0.25) is 0 Å². The number of hydrogen-bond donors (Lipinski definition) is 2. The molecule has 1 aromatic rings. The zero-order chi connectivity index (χ0) is 18.2. The monoisotopic (exact) mass is 346 g/mol. The summed E-state index contributed by atoms with van der Waals surface area (Å²) in [6, 6.07) is 2.53. The molecule has 0 saturated heterocycles. The molecule has 2 heterocycles. The molecular formula is C18H22N2O5. The Morgan fingerprint density at radius 1 is 1.40 bits per heavy atom. The third kappa shape index (κ3) is 2.63. The Kier molecular flexibility index (Phi) is 4.41. The molecule has 1 spiro atoms. The molecule has 134 valence electrons. The number of Topliss-reactive ketones (excluding diaryl/α,β-unsaturated/α-hetero) is 1. The maximum Gasteiger partial charge on any atom is 0.328 e. The molecule has 3 rings (SSSR count). The van der Waals surface area contributed by atoms with E-state index in [0.717, 1.165) is 12.8 Å². The van der Waals surface area contributed by atoms with Crippen LogP contribution in [-0.2, 0) is 24.7 Å². The van der Waals surface area contributed by atoms with Crippen LogP contribution in [0.25, 0.3) is 5.76 Å². The fourth-order valence-corrected chi connectivity index (χ4v) is 3.76. The summed E-state index contributed by atoms with van der Waals surface area (Å²) >= 11 is 0. The van der Waals surface area contributed by atoms with Crippen molar-refractivity contribution in [1.82, 2.24) is 9.88 Å². The number of carbonyl (C=O) groups is 3. The van der Waals surface area contributed by atoms with Gasteiger partial charge in [-0.25, -0.2) is 4.79 Å². The van der Waals surface area contributed by atoms with E-state index in [-0.39, 0.29) is 23.7 Å². The summed E-state index contributed by atoms with van der Waals surface area (Å²) in [5.41, 5.74) is -0.634. The van der Waals surface area contributed by atoms with E-state index in [1.807, 2.05) is 0 Å². The van der Waals surface area contributed by atoms with Gasteiger partial charge in [-0.15, -0.1) is 0 Å². The van der Waals surface area contributed by atoms with Crippen molar-refractivity contribution < 1.29 is 24.2 Å². The number of rotatable bonds is 4. The van der Waals surface area contributed by atoms with Gasteiger partial charge in [0.15, 0.2) is 11.5 Å². The van der Waals surface area contributed by atoms with Crippen molar-refractivity contribution in [3.05, 3.63) is 29.6 Å². The first-order valence-corrected chi connectivity index (χ1v) is 8.56. The van der Waals surface area contributed by atoms with Gasteiger partial charge in [0.05, 0.1) is 12.3 Å². The Labute approximate surface area is 145 Å². The topological polar surface area (TPSA) is 97.6 Å². The van der Waals surface area contributed by atoms with Crippen LogP contribution in [0.15, 0.2) is 23.9 Å². The number of ether oxygens (including phenoxy) is 1. The van der Waals surface area contributed by atoms with Crippen molar-refractivity contribution in [3.63, 3.8) is 0 Å². The predicted molar refractivity (Wildman–Crippen MR) is 89.7 cm³/mol. The highest BCUT2D eigenvalue weighted by atomic mass is 16.5. The number of nitrogens with one attached hydrogen (secondary N) is 1. The number of carbonyl (C=O) groups excluding carboxylic acids is 3. The van der Waals surface area contributed by atoms with Gasteiger partial charge in [0.1, 0.15) is 17.2 Å². The van der Waals surface area contributed by atoms with Crippen LogP contribution in [0, 0.1) is 0 Å². The second kappa shape index (κ2) is 6.38. The molecule has 0 radical (unpaired) electrons. The van der Waals surface area contributed by atoms with Gasteiger partial charge in [-0.1, -0.05) is 12.8 Å². The molecule has 0 aromatic carbocycles. The van der Waals surface area contributed by atoms with Crippen LogP contribution < -0.4 is 5.32 Å². The molecule has 1 amide bonds. The Morgan fingerprint density at radius 3 is 2.72 bits per heavy atom. The molecule has 7 heteroatoms. The van der Waals surface area contributed by atoms with Crippen LogP contribution in [0.4, 0.5) is 0 Å². The molecule has 2 N–H and O–H groups in total. The maximum atomic E-state index is 13.1. The minimum atomic E-state index is -0.909. The van der Waals surface area contributed by atoms with E-state index in [0.29, 0.717) is 18.5 Å². The third-order valence-electron chi connectivity index (χ3n) is 4.98. The highest BCUT2D eigenvalue weighted by Crippen LogP contribution is 2.44. The van der Waals surface area contributed by atoms with Gasteiger partial charge >= 0.3 is 5.97 Å². The summed E-state index contributed by atoms with van der Waals surface area (Å²) in [4.78, 5) is 37.5. The van der Waals surface area contributed by atoms with Gasteiger partial charge in [-0.2, -0.15) is 0 Å². The molecule has 25 heavy (non-hydrogen) atoms. The molecule has 1 aliphatic carbocycles. The number of ketones is 1. The Balaban J connectivity index is 1.95. The summed E-state index contributed by atoms with van der Waals surface area (Å²) in [6.45, 7) is 3.35. The average Bonchev–Trinajstić information content (AvgIpc) is 3.24. The van der Waals surface area contributed by atoms with Gasteiger partial charge < -0.3 is 19.7 Å². The number of amides is 1. The van der Waals surface area contributed by atoms with Gasteiger partial charge in [-0.3, -0.25) is 9.59 Å². The van der Waals surface area contributed by atoms with Crippen molar-refractivity contribution >= 4 is 23.4 Å². The molecule has 1 atom stereocenters. The standard InChI is InChI=1S/C18H22N2O5/c1-3-25-17(24)11(2)19-16(23)13-14(21)12-7-6-10-20(12)18(15(13)22)8-4-5-9-18/h6-7,10-11,21H,3-5,8-9H2,1-2H3,(H,19,23)/t11-/m0/s1. The number of nitrogens with zero attached hydrogens (tertiary/aromatic N) is 1. The summed E-state index contributed by atoms with van der Waals surface area (Å²) < 4.78 is 6.64. The second-order valence-electron chi connectivity index (χ2n) is 6.50. The molecule has 1 aromatic heterocycles. The van der Waals surface area contributed by atoms with E-state index in [9.17, 15) is 19.5 Å². The van der Waals surface area contributed by atoms with Crippen LogP contribution in [-0.4, -0.2) is 40.0 Å². The van der Waals surface area contributed by atoms with Crippen LogP contribution in [0.1, 0.15) is 45.2 Å². The maximum absolute atomic E-state index is 13.1. The van der Waals surface area contributed by atoms with Crippen LogP contribution in [0.5, 0.6) is 0 Å². The fourth-order valence-electron chi connectivity index (χ4n) is 3.76. The molecule has 0 unspecified atom stereocenters. The lowest BCUT2D eigenvalue weighted by molar-refractivity contribution is -0.146. The molecule has 2 aliphatic rings. The molecule has 1 saturated carbocycles. The van der Waals surface area contributed by atoms with E-state index in [1.165, 1.54) is 6.92 Å². The lowest BCUT2D eigenvalue weighted by atomic mass is 9.82. The highest BCUT2D eigenvalue weighted by molar-refractivity contribution is 6.27. The minimum absolute atomic E-state index is 0.197. The first kappa shape index (κ1) is 17.3. The lowest BCUT2D eigenvalue weighted by Gasteiger charge is -2.35. The van der Waals surface area contributed by atoms with Gasteiger partial charge in [0, 0.05) is 6.20 Å². The van der Waals surface area contributed by atoms with Crippen LogP contribution >= 0.6 is 0 Å². The number of fused-ring (bicyclic) bond motifs is 2. The third-order valence-corrected chi connectivity index (χ3v) is 4.98. The van der Waals surface area contributed by atoms with Crippen molar-refractivity contribution in [2.45, 2.75) is 51.1 Å². The SMILES string of the molecule is CCOC(=O)[C@H](C)NC(=O)C1=C(O)c2cccn2C2(CCCC2)C1=O. The van der Waals surface area contributed by atoms with E-state index in [4.69, 9.17) is 4.74 Å². The van der Waals surface area contributed by atoms with E-state index in [1.54, 1.807) is 29.8 Å². The number of aliphatic hydroxyl groups excluding tert-OH is 1. The zero-order valence-corrected chi connectivity index (χ0v) is 14.4. The van der Waals surface area contributed by atoms with Crippen molar-refractivity contribution in [2.75, 3.05) is 6.61 Å². The lowest BCUT2D eigenvalue weighted by Crippen LogP contribution is -2.49.